The number of ether oxygens (including phenoxy) is 1. The van der Waals surface area contributed by atoms with Crippen LogP contribution in [0.4, 0.5) is 5.69 Å². The second-order valence-electron chi connectivity index (χ2n) is 7.46. The van der Waals surface area contributed by atoms with Crippen molar-refractivity contribution in [3.63, 3.8) is 0 Å². The van der Waals surface area contributed by atoms with Gasteiger partial charge in [0.05, 0.1) is 5.60 Å². The topological polar surface area (TPSA) is 41.6 Å². The van der Waals surface area contributed by atoms with Crippen LogP contribution in [-0.2, 0) is 17.7 Å². The van der Waals surface area contributed by atoms with Gasteiger partial charge in [-0.2, -0.15) is 0 Å². The molecule has 0 radical (unpaired) electrons. The number of thiophene rings is 1. The normalized spacial score (nSPS) is 14.2. The number of fused-ring (bicyclic) bond motifs is 1. The predicted octanol–water partition coefficient (Wildman–Crippen LogP) is 4.48. The van der Waals surface area contributed by atoms with Crippen molar-refractivity contribution in [2.45, 2.75) is 45.8 Å². The number of benzene rings is 1. The molecule has 1 aliphatic rings. The summed E-state index contributed by atoms with van der Waals surface area (Å²) < 4.78 is 5.47. The Kier molecular flexibility index (Phi) is 5.68. The summed E-state index contributed by atoms with van der Waals surface area (Å²) in [4.78, 5) is 16.5. The third-order valence-electron chi connectivity index (χ3n) is 5.25. The van der Waals surface area contributed by atoms with E-state index in [9.17, 15) is 4.79 Å². The van der Waals surface area contributed by atoms with Crippen molar-refractivity contribution in [3.05, 3.63) is 51.2 Å². The van der Waals surface area contributed by atoms with E-state index in [0.29, 0.717) is 0 Å². The predicted molar refractivity (Wildman–Crippen MR) is 108 cm³/mol. The zero-order valence-corrected chi connectivity index (χ0v) is 16.9. The van der Waals surface area contributed by atoms with Gasteiger partial charge in [-0.3, -0.25) is 4.79 Å². The molecule has 0 atom stereocenters. The molecule has 2 heterocycles. The molecule has 2 aromatic rings. The fourth-order valence-corrected chi connectivity index (χ4v) is 4.14. The van der Waals surface area contributed by atoms with Crippen LogP contribution in [0.25, 0.3) is 0 Å². The Morgan fingerprint density at radius 1 is 1.35 bits per heavy atom. The molecule has 1 aromatic carbocycles. The first-order valence-corrected chi connectivity index (χ1v) is 10.0. The molecule has 0 spiro atoms. The molecule has 0 fully saturated rings. The van der Waals surface area contributed by atoms with Crippen molar-refractivity contribution in [1.29, 1.82) is 0 Å². The van der Waals surface area contributed by atoms with Crippen molar-refractivity contribution in [3.8, 4) is 0 Å². The molecule has 0 saturated carbocycles. The first kappa shape index (κ1) is 18.9. The number of hydrogen-bond acceptors (Lipinski definition) is 4. The Labute approximate surface area is 160 Å². The van der Waals surface area contributed by atoms with Gasteiger partial charge in [0.15, 0.2) is 0 Å². The van der Waals surface area contributed by atoms with Crippen LogP contribution in [0.3, 0.4) is 0 Å². The van der Waals surface area contributed by atoms with E-state index in [1.54, 1.807) is 18.4 Å². The second-order valence-corrected chi connectivity index (χ2v) is 8.47. The van der Waals surface area contributed by atoms with E-state index in [1.165, 1.54) is 10.4 Å². The molecule has 0 saturated heterocycles. The molecule has 0 aliphatic carbocycles. The third kappa shape index (κ3) is 4.10. The van der Waals surface area contributed by atoms with E-state index in [2.05, 4.69) is 30.6 Å². The Hall–Kier alpha value is -1.85. The fraction of sp³-hybridized carbons (Fsp3) is 0.476. The van der Waals surface area contributed by atoms with Crippen LogP contribution in [0, 0.1) is 6.92 Å². The van der Waals surface area contributed by atoms with Crippen LogP contribution in [0.1, 0.15) is 46.6 Å². The SMILES string of the molecule is COC(C)(C)CCNc1cccc(C(=O)N2CCc3sccc3C2)c1C. The van der Waals surface area contributed by atoms with E-state index in [1.807, 2.05) is 30.0 Å². The Balaban J connectivity index is 1.70. The minimum atomic E-state index is -0.152. The van der Waals surface area contributed by atoms with Crippen molar-refractivity contribution in [2.75, 3.05) is 25.5 Å². The minimum absolute atomic E-state index is 0.125. The molecule has 1 amide bonds. The van der Waals surface area contributed by atoms with E-state index in [4.69, 9.17) is 4.74 Å². The number of carbonyl (C=O) groups excluding carboxylic acids is 1. The lowest BCUT2D eigenvalue weighted by Gasteiger charge is -2.28. The minimum Gasteiger partial charge on any atom is -0.385 e. The maximum atomic E-state index is 13.1. The Morgan fingerprint density at radius 3 is 2.92 bits per heavy atom. The highest BCUT2D eigenvalue weighted by atomic mass is 32.1. The average molecular weight is 373 g/mol. The number of anilines is 1. The first-order valence-electron chi connectivity index (χ1n) is 9.14. The van der Waals surface area contributed by atoms with Gasteiger partial charge in [-0.05, 0) is 68.3 Å². The number of methoxy groups -OCH3 is 1. The van der Waals surface area contributed by atoms with Crippen LogP contribution in [0.5, 0.6) is 0 Å². The summed E-state index contributed by atoms with van der Waals surface area (Å²) >= 11 is 1.80. The zero-order valence-electron chi connectivity index (χ0n) is 16.1. The lowest BCUT2D eigenvalue weighted by molar-refractivity contribution is 0.0185. The number of rotatable bonds is 6. The molecule has 0 unspecified atom stereocenters. The molecular weight excluding hydrogens is 344 g/mol. The van der Waals surface area contributed by atoms with Crippen molar-refractivity contribution in [2.24, 2.45) is 0 Å². The van der Waals surface area contributed by atoms with Gasteiger partial charge in [0.25, 0.3) is 5.91 Å². The number of carbonyl (C=O) groups is 1. The third-order valence-corrected chi connectivity index (χ3v) is 6.28. The molecule has 5 heteroatoms. The molecule has 4 nitrogen and oxygen atoms in total. The Bertz CT molecular complexity index is 782. The van der Waals surface area contributed by atoms with Gasteiger partial charge in [0.1, 0.15) is 0 Å². The van der Waals surface area contributed by atoms with Gasteiger partial charge < -0.3 is 15.0 Å². The summed E-state index contributed by atoms with van der Waals surface area (Å²) in [6.45, 7) is 8.51. The smallest absolute Gasteiger partial charge is 0.254 e. The molecular formula is C21H28N2O2S. The largest absolute Gasteiger partial charge is 0.385 e. The van der Waals surface area contributed by atoms with Crippen LogP contribution < -0.4 is 5.32 Å². The highest BCUT2D eigenvalue weighted by Crippen LogP contribution is 2.27. The van der Waals surface area contributed by atoms with Gasteiger partial charge in [0, 0.05) is 42.9 Å². The molecule has 1 aliphatic heterocycles. The summed E-state index contributed by atoms with van der Waals surface area (Å²) in [5.41, 5.74) is 3.98. The summed E-state index contributed by atoms with van der Waals surface area (Å²) in [7, 11) is 1.74. The van der Waals surface area contributed by atoms with Crippen LogP contribution in [0.2, 0.25) is 0 Å². The summed E-state index contributed by atoms with van der Waals surface area (Å²) in [5, 5.41) is 5.58. The van der Waals surface area contributed by atoms with E-state index >= 15 is 0 Å². The van der Waals surface area contributed by atoms with Crippen LogP contribution >= 0.6 is 11.3 Å². The number of nitrogens with zero attached hydrogens (tertiary/aromatic N) is 1. The molecule has 0 bridgehead atoms. The van der Waals surface area contributed by atoms with Crippen molar-refractivity contribution in [1.82, 2.24) is 4.90 Å². The van der Waals surface area contributed by atoms with Gasteiger partial charge in [0.2, 0.25) is 0 Å². The van der Waals surface area contributed by atoms with Gasteiger partial charge >= 0.3 is 0 Å². The van der Waals surface area contributed by atoms with Crippen LogP contribution in [0.15, 0.2) is 29.6 Å². The Morgan fingerprint density at radius 2 is 2.15 bits per heavy atom. The summed E-state index contributed by atoms with van der Waals surface area (Å²) in [6, 6.07) is 8.08. The quantitative estimate of drug-likeness (QED) is 0.813. The standard InChI is InChI=1S/C21H28N2O2S/c1-15-17(6-5-7-18(15)22-11-10-21(2,3)25-4)20(24)23-12-8-19-16(14-23)9-13-26-19/h5-7,9,13,22H,8,10-12,14H2,1-4H3. The molecule has 3 rings (SSSR count). The highest BCUT2D eigenvalue weighted by molar-refractivity contribution is 7.10. The van der Waals surface area contributed by atoms with E-state index in [0.717, 1.165) is 49.3 Å². The monoisotopic (exact) mass is 372 g/mol. The second kappa shape index (κ2) is 7.80. The zero-order chi connectivity index (χ0) is 18.7. The molecule has 1 N–H and O–H groups in total. The molecule has 140 valence electrons. The van der Waals surface area contributed by atoms with E-state index < -0.39 is 0 Å². The lowest BCUT2D eigenvalue weighted by atomic mass is 10.0. The lowest BCUT2D eigenvalue weighted by Crippen LogP contribution is -2.35. The molecule has 1 aromatic heterocycles. The summed E-state index contributed by atoms with van der Waals surface area (Å²) in [6.07, 6.45) is 1.86. The van der Waals surface area contributed by atoms with Crippen LogP contribution in [-0.4, -0.2) is 36.6 Å². The summed E-state index contributed by atoms with van der Waals surface area (Å²) in [5.74, 6) is 0.125. The maximum Gasteiger partial charge on any atom is 0.254 e. The first-order chi connectivity index (χ1) is 12.4. The molecule has 26 heavy (non-hydrogen) atoms. The average Bonchev–Trinajstić information content (AvgIpc) is 3.10. The van der Waals surface area contributed by atoms with Crippen molar-refractivity contribution < 1.29 is 9.53 Å². The van der Waals surface area contributed by atoms with Crippen molar-refractivity contribution >= 4 is 22.9 Å². The maximum absolute atomic E-state index is 13.1. The van der Waals surface area contributed by atoms with Gasteiger partial charge in [-0.25, -0.2) is 0 Å². The highest BCUT2D eigenvalue weighted by Gasteiger charge is 2.24. The number of amides is 1. The van der Waals surface area contributed by atoms with Gasteiger partial charge in [-0.15, -0.1) is 11.3 Å². The fourth-order valence-electron chi connectivity index (χ4n) is 3.25. The number of hydrogen-bond donors (Lipinski definition) is 1. The van der Waals surface area contributed by atoms with E-state index in [-0.39, 0.29) is 11.5 Å². The number of nitrogens with one attached hydrogen (secondary N) is 1. The van der Waals surface area contributed by atoms with Gasteiger partial charge in [-0.1, -0.05) is 6.07 Å².